The Morgan fingerprint density at radius 3 is 1.88 bits per heavy atom. The van der Waals surface area contributed by atoms with Gasteiger partial charge in [0.15, 0.2) is 9.84 Å². The Bertz CT molecular complexity index is 1840. The standard InChI is InChI=1S/C34H32F9N3O4S/c1-44-15-21-17-46(18-22(21)16-44)30(47)45-14-13-31(20-45,51(48,49)26-11-9-25(35)10-12-26)23-5-7-24(8-6-23)32(33(38,39)40,34(41,42)43)50-19-27-28(36)3-2-4-29(27)37/h2-12,21-22H,13-20H2,1H3. The minimum absolute atomic E-state index is 0.112. The van der Waals surface area contributed by atoms with Crippen molar-refractivity contribution in [2.45, 2.75) is 40.6 Å². The molecule has 0 aromatic heterocycles. The number of likely N-dealkylation sites (tertiary alicyclic amines) is 3. The van der Waals surface area contributed by atoms with Gasteiger partial charge in [0.05, 0.1) is 11.5 Å². The van der Waals surface area contributed by atoms with Crippen LogP contribution in [-0.2, 0) is 31.5 Å². The van der Waals surface area contributed by atoms with E-state index in [1.54, 1.807) is 4.90 Å². The smallest absolute Gasteiger partial charge is 0.349 e. The van der Waals surface area contributed by atoms with Crippen molar-refractivity contribution in [3.63, 3.8) is 0 Å². The highest BCUT2D eigenvalue weighted by Gasteiger charge is 2.73. The number of hydrogen-bond donors (Lipinski definition) is 0. The second-order valence-electron chi connectivity index (χ2n) is 13.3. The Balaban J connectivity index is 1.39. The van der Waals surface area contributed by atoms with Crippen LogP contribution in [0.4, 0.5) is 44.3 Å². The number of fused-ring (bicyclic) bond motifs is 1. The lowest BCUT2D eigenvalue weighted by molar-refractivity contribution is -0.392. The summed E-state index contributed by atoms with van der Waals surface area (Å²) in [5.74, 6) is -3.17. The number of carbonyl (C=O) groups excluding carboxylic acids is 1. The summed E-state index contributed by atoms with van der Waals surface area (Å²) in [6.45, 7) is 0.0606. The summed E-state index contributed by atoms with van der Waals surface area (Å²) in [5, 5.41) is 0. The van der Waals surface area contributed by atoms with Crippen LogP contribution in [0.5, 0.6) is 0 Å². The fraction of sp³-hybridized carbons (Fsp3) is 0.441. The zero-order valence-corrected chi connectivity index (χ0v) is 27.8. The van der Waals surface area contributed by atoms with E-state index in [-0.39, 0.29) is 35.3 Å². The van der Waals surface area contributed by atoms with E-state index in [2.05, 4.69) is 9.64 Å². The number of carbonyl (C=O) groups is 1. The average molecular weight is 750 g/mol. The number of urea groups is 1. The third kappa shape index (κ3) is 6.24. The third-order valence-electron chi connectivity index (χ3n) is 10.2. The van der Waals surface area contributed by atoms with Gasteiger partial charge in [0, 0.05) is 50.4 Å². The third-order valence-corrected chi connectivity index (χ3v) is 12.7. The minimum atomic E-state index is -6.22. The van der Waals surface area contributed by atoms with E-state index in [4.69, 9.17) is 0 Å². The first-order chi connectivity index (χ1) is 23.8. The highest BCUT2D eigenvalue weighted by molar-refractivity contribution is 7.92. The SMILES string of the molecule is CN1CC2CN(C(=O)N3CCC(c4ccc(C(OCc5c(F)cccc5F)(C(F)(F)F)C(F)(F)F)cc4)(S(=O)(=O)c4ccc(F)cc4)C3)CC2C1. The van der Waals surface area contributed by atoms with Crippen LogP contribution in [0.25, 0.3) is 0 Å². The molecule has 0 bridgehead atoms. The molecule has 17 heteroatoms. The second kappa shape index (κ2) is 13.0. The minimum Gasteiger partial charge on any atom is -0.349 e. The summed E-state index contributed by atoms with van der Waals surface area (Å²) in [6.07, 6.45) is -12.7. The number of halogens is 9. The van der Waals surface area contributed by atoms with E-state index in [9.17, 15) is 52.7 Å². The van der Waals surface area contributed by atoms with Crippen molar-refractivity contribution in [2.24, 2.45) is 11.8 Å². The molecule has 3 atom stereocenters. The Hall–Kier alpha value is -3.83. The normalized spacial score (nSPS) is 23.3. The highest BCUT2D eigenvalue weighted by atomic mass is 32.2. The Labute approximate surface area is 287 Å². The van der Waals surface area contributed by atoms with E-state index in [0.29, 0.717) is 37.4 Å². The van der Waals surface area contributed by atoms with Gasteiger partial charge in [-0.3, -0.25) is 0 Å². The molecule has 3 unspecified atom stereocenters. The van der Waals surface area contributed by atoms with E-state index in [1.807, 2.05) is 7.05 Å². The van der Waals surface area contributed by atoms with Crippen molar-refractivity contribution in [1.29, 1.82) is 0 Å². The Morgan fingerprint density at radius 1 is 0.804 bits per heavy atom. The zero-order valence-electron chi connectivity index (χ0n) is 26.9. The molecule has 0 spiro atoms. The number of rotatable bonds is 7. The van der Waals surface area contributed by atoms with Gasteiger partial charge < -0.3 is 19.4 Å². The van der Waals surface area contributed by atoms with Crippen molar-refractivity contribution in [2.75, 3.05) is 46.3 Å². The lowest BCUT2D eigenvalue weighted by Gasteiger charge is -2.38. The molecule has 3 fully saturated rings. The molecule has 7 nitrogen and oxygen atoms in total. The maximum absolute atomic E-state index is 14.6. The largest absolute Gasteiger partial charge is 0.430 e. The molecule has 0 saturated carbocycles. The van der Waals surface area contributed by atoms with Gasteiger partial charge in [-0.2, -0.15) is 26.3 Å². The van der Waals surface area contributed by atoms with Gasteiger partial charge in [-0.05, 0) is 67.3 Å². The summed E-state index contributed by atoms with van der Waals surface area (Å²) >= 11 is 0. The number of nitrogens with zero attached hydrogens (tertiary/aromatic N) is 3. The maximum atomic E-state index is 14.6. The molecule has 0 radical (unpaired) electrons. The Morgan fingerprint density at radius 2 is 1.35 bits per heavy atom. The quantitative estimate of drug-likeness (QED) is 0.201. The van der Waals surface area contributed by atoms with Crippen LogP contribution in [0.3, 0.4) is 0 Å². The summed E-state index contributed by atoms with van der Waals surface area (Å²) in [5.41, 5.74) is -8.02. The van der Waals surface area contributed by atoms with Crippen LogP contribution in [0.15, 0.2) is 71.6 Å². The molecule has 3 aromatic carbocycles. The molecular formula is C34H32F9N3O4S. The van der Waals surface area contributed by atoms with Crippen LogP contribution in [0.2, 0.25) is 0 Å². The van der Waals surface area contributed by atoms with Crippen LogP contribution in [0, 0.1) is 29.3 Å². The van der Waals surface area contributed by atoms with Gasteiger partial charge in [-0.15, -0.1) is 0 Å². The summed E-state index contributed by atoms with van der Waals surface area (Å²) in [4.78, 5) is 18.4. The molecule has 3 saturated heterocycles. The van der Waals surface area contributed by atoms with Crippen molar-refractivity contribution >= 4 is 15.9 Å². The predicted molar refractivity (Wildman–Crippen MR) is 164 cm³/mol. The lowest BCUT2D eigenvalue weighted by atomic mass is 9.88. The Kier molecular flexibility index (Phi) is 9.41. The van der Waals surface area contributed by atoms with Crippen LogP contribution in [-0.4, -0.2) is 87.8 Å². The second-order valence-corrected chi connectivity index (χ2v) is 15.6. The fourth-order valence-corrected chi connectivity index (χ4v) is 9.65. The molecular weight excluding hydrogens is 717 g/mol. The van der Waals surface area contributed by atoms with Gasteiger partial charge in [0.2, 0.25) is 0 Å². The summed E-state index contributed by atoms with van der Waals surface area (Å²) < 4.78 is 161. The van der Waals surface area contributed by atoms with Crippen molar-refractivity contribution in [3.8, 4) is 0 Å². The molecule has 3 aromatic rings. The number of alkyl halides is 6. The van der Waals surface area contributed by atoms with Crippen molar-refractivity contribution < 1.29 is 57.5 Å². The van der Waals surface area contributed by atoms with Gasteiger partial charge in [-0.25, -0.2) is 26.4 Å². The molecule has 0 aliphatic carbocycles. The van der Waals surface area contributed by atoms with E-state index < -0.39 is 80.3 Å². The van der Waals surface area contributed by atoms with Crippen LogP contribution >= 0.6 is 0 Å². The van der Waals surface area contributed by atoms with Gasteiger partial charge in [-0.1, -0.05) is 30.3 Å². The monoisotopic (exact) mass is 749 g/mol. The molecule has 3 aliphatic heterocycles. The number of sulfone groups is 1. The molecule has 276 valence electrons. The molecule has 51 heavy (non-hydrogen) atoms. The fourth-order valence-electron chi connectivity index (χ4n) is 7.57. The lowest BCUT2D eigenvalue weighted by Crippen LogP contribution is -2.56. The first-order valence-corrected chi connectivity index (χ1v) is 17.3. The average Bonchev–Trinajstić information content (AvgIpc) is 3.76. The molecule has 3 aliphatic rings. The zero-order chi connectivity index (χ0) is 37.1. The first kappa shape index (κ1) is 36.9. The van der Waals surface area contributed by atoms with E-state index in [1.165, 1.54) is 4.90 Å². The topological polar surface area (TPSA) is 70.2 Å². The number of hydrogen-bond acceptors (Lipinski definition) is 5. The number of amides is 2. The van der Waals surface area contributed by atoms with Gasteiger partial charge >= 0.3 is 18.4 Å². The van der Waals surface area contributed by atoms with E-state index >= 15 is 0 Å². The molecule has 2 amide bonds. The molecule has 6 rings (SSSR count). The number of benzene rings is 3. The highest BCUT2D eigenvalue weighted by Crippen LogP contribution is 2.54. The first-order valence-electron chi connectivity index (χ1n) is 15.8. The van der Waals surface area contributed by atoms with Crippen molar-refractivity contribution in [1.82, 2.24) is 14.7 Å². The summed E-state index contributed by atoms with van der Waals surface area (Å²) in [7, 11) is -2.62. The van der Waals surface area contributed by atoms with Crippen LogP contribution in [0.1, 0.15) is 23.1 Å². The van der Waals surface area contributed by atoms with E-state index in [0.717, 1.165) is 55.6 Å². The summed E-state index contributed by atoms with van der Waals surface area (Å²) in [6, 6.07) is 7.80. The molecule has 3 heterocycles. The number of ether oxygens (including phenoxy) is 1. The maximum Gasteiger partial charge on any atom is 0.430 e. The predicted octanol–water partition coefficient (Wildman–Crippen LogP) is 6.63. The van der Waals surface area contributed by atoms with Crippen LogP contribution < -0.4 is 0 Å². The van der Waals surface area contributed by atoms with Gasteiger partial charge in [0.25, 0.3) is 5.60 Å². The van der Waals surface area contributed by atoms with Gasteiger partial charge in [0.1, 0.15) is 22.2 Å². The molecule has 0 N–H and O–H groups in total. The van der Waals surface area contributed by atoms with Crippen molar-refractivity contribution in [3.05, 3.63) is 101 Å².